The van der Waals surface area contributed by atoms with E-state index in [1.807, 2.05) is 31.2 Å². The van der Waals surface area contributed by atoms with E-state index in [0.29, 0.717) is 26.1 Å². The molecule has 0 aliphatic rings. The highest BCUT2D eigenvalue weighted by atomic mass is 16.5. The maximum atomic E-state index is 11.3. The molecule has 0 aliphatic heterocycles. The molecule has 0 saturated heterocycles. The molecule has 0 atom stereocenters. The molecule has 2 amide bonds. The first-order valence-corrected chi connectivity index (χ1v) is 6.10. The smallest absolute Gasteiger partial charge is 0.315 e. The van der Waals surface area contributed by atoms with Crippen LogP contribution in [0.3, 0.4) is 0 Å². The van der Waals surface area contributed by atoms with Crippen molar-refractivity contribution in [2.75, 3.05) is 19.8 Å². The van der Waals surface area contributed by atoms with Crippen LogP contribution in [-0.4, -0.2) is 30.9 Å². The Morgan fingerprint density at radius 2 is 2.00 bits per heavy atom. The van der Waals surface area contributed by atoms with Gasteiger partial charge in [-0.15, -0.1) is 0 Å². The van der Waals surface area contributed by atoms with Crippen LogP contribution in [0.2, 0.25) is 0 Å². The number of urea groups is 1. The summed E-state index contributed by atoms with van der Waals surface area (Å²) in [7, 11) is 0. The van der Waals surface area contributed by atoms with Gasteiger partial charge in [0.1, 0.15) is 5.75 Å². The lowest BCUT2D eigenvalue weighted by Crippen LogP contribution is -2.35. The van der Waals surface area contributed by atoms with Crippen LogP contribution >= 0.6 is 0 Å². The number of aliphatic hydroxyl groups is 1. The van der Waals surface area contributed by atoms with Crippen LogP contribution in [-0.2, 0) is 6.54 Å². The average Bonchev–Trinajstić information content (AvgIpc) is 2.39. The van der Waals surface area contributed by atoms with Gasteiger partial charge in [0.2, 0.25) is 0 Å². The second kappa shape index (κ2) is 8.36. The molecule has 0 radical (unpaired) electrons. The standard InChI is InChI=1S/C13H20N2O3/c1-2-18-12-6-4-11(5-7-12)10-15-13(17)14-8-3-9-16/h4-7,16H,2-3,8-10H2,1H3,(H2,14,15,17). The minimum atomic E-state index is -0.225. The third kappa shape index (κ3) is 5.54. The number of rotatable bonds is 7. The van der Waals surface area contributed by atoms with Crippen LogP contribution in [0.15, 0.2) is 24.3 Å². The van der Waals surface area contributed by atoms with Crippen molar-refractivity contribution >= 4 is 6.03 Å². The molecule has 0 aromatic heterocycles. The molecule has 1 aromatic carbocycles. The predicted octanol–water partition coefficient (Wildman–Crippen LogP) is 1.27. The molecule has 5 nitrogen and oxygen atoms in total. The van der Waals surface area contributed by atoms with Crippen molar-refractivity contribution in [1.29, 1.82) is 0 Å². The first-order valence-electron chi connectivity index (χ1n) is 6.10. The number of amides is 2. The summed E-state index contributed by atoms with van der Waals surface area (Å²) in [6, 6.07) is 7.36. The number of benzene rings is 1. The van der Waals surface area contributed by atoms with Gasteiger partial charge in [-0.05, 0) is 31.0 Å². The Bertz CT molecular complexity index is 352. The number of hydrogen-bond acceptors (Lipinski definition) is 3. The Hall–Kier alpha value is -1.75. The zero-order valence-corrected chi connectivity index (χ0v) is 10.6. The lowest BCUT2D eigenvalue weighted by molar-refractivity contribution is 0.237. The highest BCUT2D eigenvalue weighted by Crippen LogP contribution is 2.11. The summed E-state index contributed by atoms with van der Waals surface area (Å²) < 4.78 is 5.33. The van der Waals surface area contributed by atoms with Gasteiger partial charge in [-0.3, -0.25) is 0 Å². The molecule has 0 unspecified atom stereocenters. The van der Waals surface area contributed by atoms with Gasteiger partial charge in [0.05, 0.1) is 6.61 Å². The number of carbonyl (C=O) groups is 1. The molecule has 0 bridgehead atoms. The van der Waals surface area contributed by atoms with Crippen molar-refractivity contribution in [2.45, 2.75) is 19.9 Å². The molecule has 3 N–H and O–H groups in total. The zero-order chi connectivity index (χ0) is 13.2. The quantitative estimate of drug-likeness (QED) is 0.640. The lowest BCUT2D eigenvalue weighted by Gasteiger charge is -2.08. The summed E-state index contributed by atoms with van der Waals surface area (Å²) in [6.07, 6.45) is 0.566. The Labute approximate surface area is 107 Å². The van der Waals surface area contributed by atoms with Crippen LogP contribution in [0.5, 0.6) is 5.75 Å². The highest BCUT2D eigenvalue weighted by Gasteiger charge is 2.00. The Morgan fingerprint density at radius 3 is 2.61 bits per heavy atom. The average molecular weight is 252 g/mol. The van der Waals surface area contributed by atoms with Gasteiger partial charge in [0.25, 0.3) is 0 Å². The third-order valence-electron chi connectivity index (χ3n) is 2.31. The van der Waals surface area contributed by atoms with E-state index in [-0.39, 0.29) is 12.6 Å². The molecule has 5 heteroatoms. The molecule has 0 heterocycles. The van der Waals surface area contributed by atoms with E-state index in [4.69, 9.17) is 9.84 Å². The highest BCUT2D eigenvalue weighted by molar-refractivity contribution is 5.73. The monoisotopic (exact) mass is 252 g/mol. The van der Waals surface area contributed by atoms with E-state index in [0.717, 1.165) is 11.3 Å². The fraction of sp³-hybridized carbons (Fsp3) is 0.462. The maximum Gasteiger partial charge on any atom is 0.315 e. The van der Waals surface area contributed by atoms with E-state index < -0.39 is 0 Å². The summed E-state index contributed by atoms with van der Waals surface area (Å²) in [5.74, 6) is 0.827. The van der Waals surface area contributed by atoms with Crippen molar-refractivity contribution < 1.29 is 14.6 Å². The molecule has 0 fully saturated rings. The summed E-state index contributed by atoms with van der Waals surface area (Å²) >= 11 is 0. The Kier molecular flexibility index (Phi) is 6.64. The van der Waals surface area contributed by atoms with Crippen molar-refractivity contribution in [3.05, 3.63) is 29.8 Å². The Balaban J connectivity index is 2.27. The fourth-order valence-corrected chi connectivity index (χ4v) is 1.40. The van der Waals surface area contributed by atoms with Crippen molar-refractivity contribution in [3.63, 3.8) is 0 Å². The summed E-state index contributed by atoms with van der Waals surface area (Å²) in [5, 5.41) is 14.0. The minimum absolute atomic E-state index is 0.0825. The molecule has 0 spiro atoms. The van der Waals surface area contributed by atoms with E-state index in [9.17, 15) is 4.79 Å². The first-order chi connectivity index (χ1) is 8.76. The van der Waals surface area contributed by atoms with Crippen LogP contribution in [0.1, 0.15) is 18.9 Å². The van der Waals surface area contributed by atoms with Crippen LogP contribution in [0, 0.1) is 0 Å². The number of hydrogen-bond donors (Lipinski definition) is 3. The molecule has 18 heavy (non-hydrogen) atoms. The second-order valence-corrected chi connectivity index (χ2v) is 3.76. The van der Waals surface area contributed by atoms with Gasteiger partial charge < -0.3 is 20.5 Å². The largest absolute Gasteiger partial charge is 0.494 e. The summed E-state index contributed by atoms with van der Waals surface area (Å²) in [6.45, 7) is 3.61. The number of ether oxygens (including phenoxy) is 1. The van der Waals surface area contributed by atoms with Gasteiger partial charge in [0.15, 0.2) is 0 Å². The van der Waals surface area contributed by atoms with Crippen LogP contribution in [0.25, 0.3) is 0 Å². The van der Waals surface area contributed by atoms with Gasteiger partial charge in [0, 0.05) is 19.7 Å². The second-order valence-electron chi connectivity index (χ2n) is 3.76. The van der Waals surface area contributed by atoms with Crippen molar-refractivity contribution in [1.82, 2.24) is 10.6 Å². The Morgan fingerprint density at radius 1 is 1.28 bits per heavy atom. The topological polar surface area (TPSA) is 70.6 Å². The molecule has 1 rings (SSSR count). The normalized spacial score (nSPS) is 9.89. The van der Waals surface area contributed by atoms with E-state index in [2.05, 4.69) is 10.6 Å². The van der Waals surface area contributed by atoms with Gasteiger partial charge >= 0.3 is 6.03 Å². The first kappa shape index (κ1) is 14.3. The van der Waals surface area contributed by atoms with Gasteiger partial charge in [-0.25, -0.2) is 4.79 Å². The van der Waals surface area contributed by atoms with E-state index >= 15 is 0 Å². The van der Waals surface area contributed by atoms with Gasteiger partial charge in [-0.1, -0.05) is 12.1 Å². The predicted molar refractivity (Wildman–Crippen MR) is 69.6 cm³/mol. The number of carbonyl (C=O) groups excluding carboxylic acids is 1. The van der Waals surface area contributed by atoms with Crippen LogP contribution < -0.4 is 15.4 Å². The van der Waals surface area contributed by atoms with Crippen molar-refractivity contribution in [3.8, 4) is 5.75 Å². The SMILES string of the molecule is CCOc1ccc(CNC(=O)NCCCO)cc1. The summed E-state index contributed by atoms with van der Waals surface area (Å²) in [5.41, 5.74) is 1.01. The molecule has 100 valence electrons. The molecular formula is C13H20N2O3. The van der Waals surface area contributed by atoms with E-state index in [1.165, 1.54) is 0 Å². The lowest BCUT2D eigenvalue weighted by atomic mass is 10.2. The molecule has 0 saturated carbocycles. The maximum absolute atomic E-state index is 11.3. The van der Waals surface area contributed by atoms with Crippen molar-refractivity contribution in [2.24, 2.45) is 0 Å². The van der Waals surface area contributed by atoms with Crippen LogP contribution in [0.4, 0.5) is 4.79 Å². The number of aliphatic hydroxyl groups excluding tert-OH is 1. The molecule has 1 aromatic rings. The zero-order valence-electron chi connectivity index (χ0n) is 10.6. The third-order valence-corrected chi connectivity index (χ3v) is 2.31. The molecular weight excluding hydrogens is 232 g/mol. The summed E-state index contributed by atoms with van der Waals surface area (Å²) in [4.78, 5) is 11.3. The minimum Gasteiger partial charge on any atom is -0.494 e. The molecule has 0 aliphatic carbocycles. The van der Waals surface area contributed by atoms with Gasteiger partial charge in [-0.2, -0.15) is 0 Å². The number of nitrogens with one attached hydrogen (secondary N) is 2. The fourth-order valence-electron chi connectivity index (χ4n) is 1.40. The van der Waals surface area contributed by atoms with E-state index in [1.54, 1.807) is 0 Å².